The Kier molecular flexibility index (Phi) is 4.40. The van der Waals surface area contributed by atoms with Gasteiger partial charge in [-0.25, -0.2) is 14.1 Å². The molecule has 2 heterocycles. The third-order valence-corrected chi connectivity index (χ3v) is 3.83. The summed E-state index contributed by atoms with van der Waals surface area (Å²) in [6, 6.07) is 6.13. The highest BCUT2D eigenvalue weighted by atomic mass is 19.1. The Morgan fingerprint density at radius 2 is 2.00 bits per heavy atom. The van der Waals surface area contributed by atoms with E-state index in [9.17, 15) is 9.50 Å². The summed E-state index contributed by atoms with van der Waals surface area (Å²) in [6.07, 6.45) is 3.29. The first kappa shape index (κ1) is 15.6. The van der Waals surface area contributed by atoms with Gasteiger partial charge in [-0.2, -0.15) is 5.10 Å². The minimum atomic E-state index is -0.667. The van der Waals surface area contributed by atoms with Crippen LogP contribution in [0.3, 0.4) is 0 Å². The first-order valence-electron chi connectivity index (χ1n) is 7.26. The molecule has 0 amide bonds. The summed E-state index contributed by atoms with van der Waals surface area (Å²) in [6.45, 7) is 2.78. The summed E-state index contributed by atoms with van der Waals surface area (Å²) in [5, 5.41) is 14.9. The number of hydrogen-bond donors (Lipinski definition) is 1. The van der Waals surface area contributed by atoms with Gasteiger partial charge in [0, 0.05) is 6.42 Å². The summed E-state index contributed by atoms with van der Waals surface area (Å²) in [7, 11) is 0. The zero-order chi connectivity index (χ0) is 16.3. The number of aromatic nitrogens is 3. The maximum absolute atomic E-state index is 13.1. The molecule has 1 saturated heterocycles. The minimum Gasteiger partial charge on any atom is -0.510 e. The third-order valence-electron chi connectivity index (χ3n) is 3.83. The number of rotatable bonds is 4. The van der Waals surface area contributed by atoms with Gasteiger partial charge >= 0.3 is 0 Å². The molecule has 2 aromatic rings. The predicted octanol–water partition coefficient (Wildman–Crippen LogP) is 2.40. The van der Waals surface area contributed by atoms with Crippen LogP contribution in [0, 0.1) is 11.2 Å². The van der Waals surface area contributed by atoms with Crippen LogP contribution in [-0.2, 0) is 15.9 Å². The van der Waals surface area contributed by atoms with E-state index in [1.165, 1.54) is 29.5 Å². The van der Waals surface area contributed by atoms with Crippen LogP contribution in [0.15, 0.2) is 42.7 Å². The van der Waals surface area contributed by atoms with Gasteiger partial charge in [0.15, 0.2) is 0 Å². The largest absolute Gasteiger partial charge is 0.510 e. The molecular weight excluding hydrogens is 301 g/mol. The molecule has 7 heteroatoms. The van der Waals surface area contributed by atoms with E-state index < -0.39 is 5.41 Å². The lowest BCUT2D eigenvalue weighted by atomic mass is 9.87. The molecule has 1 aliphatic heterocycles. The van der Waals surface area contributed by atoms with Crippen LogP contribution in [0.1, 0.15) is 12.5 Å². The molecule has 1 N–H and O–H groups in total. The Balaban J connectivity index is 1.98. The highest BCUT2D eigenvalue weighted by molar-refractivity contribution is 5.52. The average Bonchev–Trinajstić information content (AvgIpc) is 3.08. The number of aliphatic hydroxyl groups excluding tert-OH is 1. The number of nitrogens with zero attached hydrogens (tertiary/aromatic N) is 3. The molecular formula is C16H18FN3O3. The van der Waals surface area contributed by atoms with E-state index in [0.717, 1.165) is 5.56 Å². The van der Waals surface area contributed by atoms with E-state index >= 15 is 0 Å². The van der Waals surface area contributed by atoms with Crippen molar-refractivity contribution in [3.8, 4) is 0 Å². The second-order valence-electron chi connectivity index (χ2n) is 5.81. The topological polar surface area (TPSA) is 69.4 Å². The Bertz CT molecular complexity index is 677. The van der Waals surface area contributed by atoms with Crippen LogP contribution in [-0.4, -0.2) is 39.9 Å². The van der Waals surface area contributed by atoms with Crippen LogP contribution in [0.2, 0.25) is 0 Å². The molecule has 0 radical (unpaired) electrons. The fourth-order valence-corrected chi connectivity index (χ4v) is 2.54. The van der Waals surface area contributed by atoms with E-state index in [4.69, 9.17) is 9.47 Å². The Morgan fingerprint density at radius 1 is 1.30 bits per heavy atom. The van der Waals surface area contributed by atoms with Crippen molar-refractivity contribution >= 4 is 5.70 Å². The smallest absolute Gasteiger partial charge is 0.146 e. The molecule has 1 aromatic heterocycles. The number of ether oxygens (including phenoxy) is 2. The zero-order valence-corrected chi connectivity index (χ0v) is 12.8. The average molecular weight is 319 g/mol. The van der Waals surface area contributed by atoms with E-state index in [-0.39, 0.29) is 18.4 Å². The summed E-state index contributed by atoms with van der Waals surface area (Å²) in [5.74, 6) is -0.169. The Hall–Kier alpha value is -2.25. The molecule has 1 fully saturated rings. The fraction of sp³-hybridized carbons (Fsp3) is 0.375. The minimum absolute atomic E-state index is 0.132. The van der Waals surface area contributed by atoms with E-state index in [2.05, 4.69) is 10.1 Å². The standard InChI is InChI=1S/C16H18FN3O3/c1-16(7-22-11-23-8-16)15(21)14(20-10-18-9-19-20)6-12-2-4-13(17)5-3-12/h2-5,9-10,21H,6-8,11H2,1H3/b15-14+. The number of allylic oxidation sites excluding steroid dienone is 1. The molecule has 0 saturated carbocycles. The molecule has 0 unspecified atom stereocenters. The number of hydrogen-bond acceptors (Lipinski definition) is 5. The van der Waals surface area contributed by atoms with Crippen LogP contribution >= 0.6 is 0 Å². The predicted molar refractivity (Wildman–Crippen MR) is 80.8 cm³/mol. The number of halogens is 1. The molecule has 0 spiro atoms. The van der Waals surface area contributed by atoms with Crippen molar-refractivity contribution in [3.63, 3.8) is 0 Å². The summed E-state index contributed by atoms with van der Waals surface area (Å²) in [5.41, 5.74) is 0.745. The fourth-order valence-electron chi connectivity index (χ4n) is 2.54. The van der Waals surface area contributed by atoms with E-state index in [1.807, 2.05) is 6.92 Å². The quantitative estimate of drug-likeness (QED) is 0.876. The van der Waals surface area contributed by atoms with Crippen molar-refractivity contribution in [1.29, 1.82) is 0 Å². The maximum Gasteiger partial charge on any atom is 0.146 e. The van der Waals surface area contributed by atoms with Crippen molar-refractivity contribution in [2.24, 2.45) is 5.41 Å². The Morgan fingerprint density at radius 3 is 2.61 bits per heavy atom. The summed E-state index contributed by atoms with van der Waals surface area (Å²) in [4.78, 5) is 3.93. The van der Waals surface area contributed by atoms with Gasteiger partial charge < -0.3 is 14.6 Å². The zero-order valence-electron chi connectivity index (χ0n) is 12.8. The molecule has 6 nitrogen and oxygen atoms in total. The Labute approximate surface area is 133 Å². The number of aliphatic hydroxyl groups is 1. The van der Waals surface area contributed by atoms with Crippen LogP contribution in [0.5, 0.6) is 0 Å². The van der Waals surface area contributed by atoms with Gasteiger partial charge in [-0.15, -0.1) is 0 Å². The second kappa shape index (κ2) is 6.47. The van der Waals surface area contributed by atoms with Gasteiger partial charge in [-0.05, 0) is 24.6 Å². The van der Waals surface area contributed by atoms with Crippen molar-refractivity contribution in [3.05, 3.63) is 54.1 Å². The van der Waals surface area contributed by atoms with Gasteiger partial charge in [0.2, 0.25) is 0 Å². The molecule has 0 aliphatic carbocycles. The van der Waals surface area contributed by atoms with Crippen LogP contribution in [0.4, 0.5) is 4.39 Å². The lowest BCUT2D eigenvalue weighted by molar-refractivity contribution is -0.155. The van der Waals surface area contributed by atoms with Crippen LogP contribution < -0.4 is 0 Å². The lowest BCUT2D eigenvalue weighted by Crippen LogP contribution is -2.37. The second-order valence-corrected chi connectivity index (χ2v) is 5.81. The molecule has 0 atom stereocenters. The van der Waals surface area contributed by atoms with Crippen molar-refractivity contribution in [1.82, 2.24) is 14.8 Å². The monoisotopic (exact) mass is 319 g/mol. The van der Waals surface area contributed by atoms with Gasteiger partial charge in [0.1, 0.15) is 31.0 Å². The highest BCUT2D eigenvalue weighted by Gasteiger charge is 2.36. The van der Waals surface area contributed by atoms with Crippen molar-refractivity contribution in [2.45, 2.75) is 13.3 Å². The lowest BCUT2D eigenvalue weighted by Gasteiger charge is -2.33. The van der Waals surface area contributed by atoms with E-state index in [0.29, 0.717) is 25.3 Å². The van der Waals surface area contributed by atoms with Crippen LogP contribution in [0.25, 0.3) is 5.70 Å². The normalized spacial score (nSPS) is 18.5. The molecule has 1 aliphatic rings. The first-order valence-corrected chi connectivity index (χ1v) is 7.26. The van der Waals surface area contributed by atoms with Gasteiger partial charge in [-0.3, -0.25) is 0 Å². The summed E-state index contributed by atoms with van der Waals surface area (Å²) >= 11 is 0. The van der Waals surface area contributed by atoms with Gasteiger partial charge in [0.05, 0.1) is 24.3 Å². The number of benzene rings is 1. The highest BCUT2D eigenvalue weighted by Crippen LogP contribution is 2.33. The molecule has 122 valence electrons. The van der Waals surface area contributed by atoms with Crippen molar-refractivity contribution < 1.29 is 19.0 Å². The molecule has 3 rings (SSSR count). The summed E-state index contributed by atoms with van der Waals surface area (Å²) < 4.78 is 25.3. The molecule has 0 bridgehead atoms. The molecule has 1 aromatic carbocycles. The van der Waals surface area contributed by atoms with Gasteiger partial charge in [-0.1, -0.05) is 12.1 Å². The maximum atomic E-state index is 13.1. The van der Waals surface area contributed by atoms with E-state index in [1.54, 1.807) is 12.1 Å². The first-order chi connectivity index (χ1) is 11.1. The van der Waals surface area contributed by atoms with Gasteiger partial charge in [0.25, 0.3) is 0 Å². The SMILES string of the molecule is CC1(/C(O)=C(/Cc2ccc(F)cc2)n2cncn2)COCOC1. The van der Waals surface area contributed by atoms with Crippen molar-refractivity contribution in [2.75, 3.05) is 20.0 Å². The third kappa shape index (κ3) is 3.40. The molecule has 23 heavy (non-hydrogen) atoms.